The van der Waals surface area contributed by atoms with E-state index in [9.17, 15) is 9.59 Å². The lowest BCUT2D eigenvalue weighted by Crippen LogP contribution is -2.44. The van der Waals surface area contributed by atoms with E-state index < -0.39 is 12.0 Å². The zero-order valence-corrected chi connectivity index (χ0v) is 23.5. The first-order valence-corrected chi connectivity index (χ1v) is 13.6. The summed E-state index contributed by atoms with van der Waals surface area (Å²) < 4.78 is 24.5. The minimum Gasteiger partial charge on any atom is -0.497 e. The smallest absolute Gasteiger partial charge is 0.338 e. The maximum atomic E-state index is 13.9. The summed E-state index contributed by atoms with van der Waals surface area (Å²) in [4.78, 5) is 36.7. The molecular formula is C28H32N4O6S. The molecule has 0 amide bonds. The number of benzene rings is 1. The van der Waals surface area contributed by atoms with Gasteiger partial charge in [-0.3, -0.25) is 9.36 Å². The van der Waals surface area contributed by atoms with Gasteiger partial charge in [0.25, 0.3) is 5.56 Å². The Balaban J connectivity index is 1.63. The molecule has 1 aromatic carbocycles. The molecule has 1 unspecified atom stereocenters. The number of carbonyl (C=O) groups is 1. The highest BCUT2D eigenvalue weighted by Gasteiger charge is 2.35. The number of carbonyl (C=O) groups excluding carboxylic acids is 1. The molecule has 5 rings (SSSR count). The molecule has 3 aromatic rings. The number of likely N-dealkylation sites (N-methyl/N-ethyl adjacent to an activating group) is 1. The molecule has 11 heteroatoms. The monoisotopic (exact) mass is 552 g/mol. The quantitative estimate of drug-likeness (QED) is 0.412. The van der Waals surface area contributed by atoms with Gasteiger partial charge in [-0.05, 0) is 45.2 Å². The van der Waals surface area contributed by atoms with Crippen LogP contribution in [0.15, 0.2) is 55.8 Å². The molecule has 2 aromatic heterocycles. The third-order valence-corrected chi connectivity index (χ3v) is 7.93. The molecule has 0 radical (unpaired) electrons. The van der Waals surface area contributed by atoms with Gasteiger partial charge in [-0.1, -0.05) is 11.3 Å². The number of fused-ring (bicyclic) bond motifs is 1. The Morgan fingerprint density at radius 1 is 1.15 bits per heavy atom. The number of ether oxygens (including phenoxy) is 3. The number of esters is 1. The summed E-state index contributed by atoms with van der Waals surface area (Å²) in [7, 11) is 5.21. The summed E-state index contributed by atoms with van der Waals surface area (Å²) in [5.41, 5.74) is 1.06. The maximum absolute atomic E-state index is 13.9. The number of furan rings is 1. The van der Waals surface area contributed by atoms with Crippen molar-refractivity contribution in [3.63, 3.8) is 0 Å². The van der Waals surface area contributed by atoms with Crippen LogP contribution in [0, 0.1) is 0 Å². The lowest BCUT2D eigenvalue weighted by Gasteiger charge is -2.32. The Morgan fingerprint density at radius 3 is 2.62 bits per heavy atom. The van der Waals surface area contributed by atoms with E-state index in [4.69, 9.17) is 18.6 Å². The molecule has 2 aliphatic rings. The van der Waals surface area contributed by atoms with Crippen LogP contribution in [0.2, 0.25) is 0 Å². The molecule has 0 aliphatic carbocycles. The molecule has 1 fully saturated rings. The highest BCUT2D eigenvalue weighted by molar-refractivity contribution is 7.07. The molecule has 0 N–H and O–H groups in total. The topological polar surface area (TPSA) is 98.7 Å². The molecular weight excluding hydrogens is 520 g/mol. The molecule has 206 valence electrons. The van der Waals surface area contributed by atoms with Crippen LogP contribution in [0.25, 0.3) is 6.08 Å². The van der Waals surface area contributed by atoms with E-state index in [0.29, 0.717) is 37.9 Å². The van der Waals surface area contributed by atoms with Crippen molar-refractivity contribution in [3.8, 4) is 11.5 Å². The number of allylic oxidation sites excluding steroid dienone is 1. The van der Waals surface area contributed by atoms with E-state index in [1.54, 1.807) is 52.3 Å². The maximum Gasteiger partial charge on any atom is 0.338 e. The molecule has 2 aliphatic heterocycles. The summed E-state index contributed by atoms with van der Waals surface area (Å²) in [6.45, 7) is 7.36. The third-order valence-electron chi connectivity index (χ3n) is 6.95. The summed E-state index contributed by atoms with van der Waals surface area (Å²) in [5.74, 6) is 1.89. The number of piperazine rings is 1. The Bertz CT molecular complexity index is 1590. The fourth-order valence-electron chi connectivity index (χ4n) is 4.88. The van der Waals surface area contributed by atoms with Crippen molar-refractivity contribution in [3.05, 3.63) is 72.6 Å². The zero-order chi connectivity index (χ0) is 27.7. The first-order valence-electron chi connectivity index (χ1n) is 12.8. The number of rotatable bonds is 7. The minimum absolute atomic E-state index is 0.191. The van der Waals surface area contributed by atoms with Gasteiger partial charge in [-0.15, -0.1) is 0 Å². The number of nitrogens with zero attached hydrogens (tertiary/aromatic N) is 4. The molecule has 0 bridgehead atoms. The van der Waals surface area contributed by atoms with Crippen LogP contribution in [0.1, 0.15) is 31.2 Å². The number of hydrogen-bond donors (Lipinski definition) is 0. The van der Waals surface area contributed by atoms with Crippen LogP contribution in [-0.4, -0.2) is 69.5 Å². The van der Waals surface area contributed by atoms with Crippen molar-refractivity contribution in [1.29, 1.82) is 0 Å². The highest BCUT2D eigenvalue weighted by Crippen LogP contribution is 2.37. The van der Waals surface area contributed by atoms with Crippen LogP contribution in [0.5, 0.6) is 11.5 Å². The summed E-state index contributed by atoms with van der Waals surface area (Å²) in [6.07, 6.45) is 1.73. The van der Waals surface area contributed by atoms with E-state index in [1.807, 2.05) is 12.1 Å². The van der Waals surface area contributed by atoms with Crippen LogP contribution in [0.3, 0.4) is 0 Å². The second-order valence-corrected chi connectivity index (χ2v) is 10.4. The highest BCUT2D eigenvalue weighted by atomic mass is 32.1. The van der Waals surface area contributed by atoms with E-state index in [0.717, 1.165) is 32.1 Å². The Labute approximate surface area is 230 Å². The largest absolute Gasteiger partial charge is 0.497 e. The van der Waals surface area contributed by atoms with Crippen LogP contribution in [-0.2, 0) is 9.53 Å². The summed E-state index contributed by atoms with van der Waals surface area (Å²) in [6, 6.07) is 8.27. The minimum atomic E-state index is -0.815. The molecule has 39 heavy (non-hydrogen) atoms. The van der Waals surface area contributed by atoms with Crippen molar-refractivity contribution in [2.75, 3.05) is 59.0 Å². The van der Waals surface area contributed by atoms with Crippen LogP contribution >= 0.6 is 11.3 Å². The van der Waals surface area contributed by atoms with Gasteiger partial charge in [-0.2, -0.15) is 0 Å². The lowest BCUT2D eigenvalue weighted by molar-refractivity contribution is -0.139. The van der Waals surface area contributed by atoms with Gasteiger partial charge in [0.05, 0.1) is 36.6 Å². The third kappa shape index (κ3) is 5.11. The SMILES string of the molecule is CCOC(=O)C1=C(C)N=c2s/c(=C/c3ccc(N4CCN(C)CC4)o3)c(=O)n2C1c1cc(OC)ccc1OC. The van der Waals surface area contributed by atoms with Crippen molar-refractivity contribution >= 4 is 29.3 Å². The number of thiazole rings is 1. The van der Waals surface area contributed by atoms with Crippen LogP contribution < -0.4 is 29.3 Å². The zero-order valence-electron chi connectivity index (χ0n) is 22.7. The Kier molecular flexibility index (Phi) is 7.62. The Morgan fingerprint density at radius 2 is 1.92 bits per heavy atom. The van der Waals surface area contributed by atoms with Crippen molar-refractivity contribution < 1.29 is 23.4 Å². The second kappa shape index (κ2) is 11.1. The van der Waals surface area contributed by atoms with Crippen molar-refractivity contribution in [2.24, 2.45) is 4.99 Å². The van der Waals surface area contributed by atoms with Gasteiger partial charge in [0, 0.05) is 43.9 Å². The standard InChI is InChI=1S/C28H32N4O6S/c1-6-37-27(34)24-17(2)29-28-32(25(24)20-15-18(35-4)7-9-21(20)36-5)26(33)22(39-28)16-19-8-10-23(38-19)31-13-11-30(3)12-14-31/h7-10,15-16,25H,6,11-14H2,1-5H3/b22-16+. The van der Waals surface area contributed by atoms with E-state index in [-0.39, 0.29) is 17.7 Å². The fraction of sp³-hybridized carbons (Fsp3) is 0.393. The summed E-state index contributed by atoms with van der Waals surface area (Å²) in [5, 5.41) is 0. The van der Waals surface area contributed by atoms with Gasteiger partial charge < -0.3 is 28.4 Å². The van der Waals surface area contributed by atoms with Gasteiger partial charge >= 0.3 is 5.97 Å². The van der Waals surface area contributed by atoms with Crippen LogP contribution in [0.4, 0.5) is 5.88 Å². The molecule has 0 spiro atoms. The second-order valence-electron chi connectivity index (χ2n) is 9.38. The first-order chi connectivity index (χ1) is 18.8. The number of hydrogen-bond acceptors (Lipinski definition) is 10. The predicted molar refractivity (Wildman–Crippen MR) is 148 cm³/mol. The van der Waals surface area contributed by atoms with Gasteiger partial charge in [-0.25, -0.2) is 9.79 Å². The predicted octanol–water partition coefficient (Wildman–Crippen LogP) is 2.16. The van der Waals surface area contributed by atoms with Crippen molar-refractivity contribution in [1.82, 2.24) is 9.47 Å². The Hall–Kier alpha value is -3.83. The van der Waals surface area contributed by atoms with Gasteiger partial charge in [0.1, 0.15) is 23.3 Å². The van der Waals surface area contributed by atoms with Crippen molar-refractivity contribution in [2.45, 2.75) is 19.9 Å². The number of anilines is 1. The van der Waals surface area contributed by atoms with E-state index in [2.05, 4.69) is 21.8 Å². The summed E-state index contributed by atoms with van der Waals surface area (Å²) >= 11 is 1.24. The van der Waals surface area contributed by atoms with E-state index in [1.165, 1.54) is 15.9 Å². The number of aromatic nitrogens is 1. The normalized spacial score (nSPS) is 18.1. The average Bonchev–Trinajstić information content (AvgIpc) is 3.52. The van der Waals surface area contributed by atoms with Gasteiger partial charge in [0.15, 0.2) is 10.7 Å². The number of methoxy groups -OCH3 is 2. The van der Waals surface area contributed by atoms with Gasteiger partial charge in [0.2, 0.25) is 0 Å². The molecule has 1 atom stereocenters. The fourth-order valence-corrected chi connectivity index (χ4v) is 5.91. The first kappa shape index (κ1) is 26.8. The molecule has 1 saturated heterocycles. The molecule has 4 heterocycles. The average molecular weight is 553 g/mol. The molecule has 10 nitrogen and oxygen atoms in total. The lowest BCUT2D eigenvalue weighted by atomic mass is 9.95. The molecule has 0 saturated carbocycles. The van der Waals surface area contributed by atoms with E-state index >= 15 is 0 Å².